The fourth-order valence-electron chi connectivity index (χ4n) is 9.82. The molecule has 6 heteroatoms. The van der Waals surface area contributed by atoms with Crippen LogP contribution in [-0.4, -0.2) is 22.1 Å². The summed E-state index contributed by atoms with van der Waals surface area (Å²) in [5.41, 5.74) is 13.5. The lowest BCUT2D eigenvalue weighted by Gasteiger charge is -2.12. The van der Waals surface area contributed by atoms with Crippen molar-refractivity contribution in [3.63, 3.8) is 0 Å². The standard InChI is InChI=1S/C62H39N3O2S/c1-66-55-37-45(34-41-19-8-9-23-47(41)55)62-64-60(43-29-31-53-51(35-43)58-50(26-13-27-54(58)67-53)49-24-11-10-22-46(49)39-17-6-3-7-18-39)63-61(65-62)44-30-32-56-52(36-44)59-48(25-14-28-57(59)68-56)42-21-12-20-40(33-42)38-15-4-2-5-16-38/h2-37H,1H3. The van der Waals surface area contributed by atoms with Crippen LogP contribution in [0.3, 0.4) is 0 Å². The molecule has 0 aliphatic carbocycles. The van der Waals surface area contributed by atoms with E-state index in [1.165, 1.54) is 37.0 Å². The Morgan fingerprint density at radius 2 is 0.971 bits per heavy atom. The van der Waals surface area contributed by atoms with Crippen molar-refractivity contribution in [1.82, 2.24) is 15.0 Å². The highest BCUT2D eigenvalue weighted by molar-refractivity contribution is 7.26. The molecule has 10 aromatic carbocycles. The van der Waals surface area contributed by atoms with Crippen LogP contribution in [0, 0.1) is 0 Å². The molecule has 0 fully saturated rings. The van der Waals surface area contributed by atoms with Gasteiger partial charge in [0.15, 0.2) is 17.5 Å². The number of aromatic nitrogens is 3. The van der Waals surface area contributed by atoms with Gasteiger partial charge in [0.1, 0.15) is 16.9 Å². The number of thiophene rings is 1. The zero-order valence-corrected chi connectivity index (χ0v) is 37.7. The van der Waals surface area contributed by atoms with Gasteiger partial charge in [0.2, 0.25) is 0 Å². The van der Waals surface area contributed by atoms with Crippen molar-refractivity contribution >= 4 is 64.2 Å². The molecule has 13 aromatic rings. The Balaban J connectivity index is 1.00. The highest BCUT2D eigenvalue weighted by Gasteiger charge is 2.20. The van der Waals surface area contributed by atoms with E-state index in [2.05, 4.69) is 188 Å². The number of ether oxygens (including phenoxy) is 1. The summed E-state index contributed by atoms with van der Waals surface area (Å²) in [6, 6.07) is 76.7. The zero-order valence-electron chi connectivity index (χ0n) is 36.9. The number of rotatable bonds is 8. The van der Waals surface area contributed by atoms with Crippen LogP contribution in [0.4, 0.5) is 0 Å². The van der Waals surface area contributed by atoms with Crippen LogP contribution < -0.4 is 4.74 Å². The molecule has 3 heterocycles. The van der Waals surface area contributed by atoms with E-state index in [1.807, 2.05) is 30.3 Å². The number of benzene rings is 10. The van der Waals surface area contributed by atoms with Gasteiger partial charge in [-0.15, -0.1) is 11.3 Å². The van der Waals surface area contributed by atoms with Crippen molar-refractivity contribution < 1.29 is 9.15 Å². The summed E-state index contributed by atoms with van der Waals surface area (Å²) in [7, 11) is 1.71. The molecule has 0 radical (unpaired) electrons. The molecule has 0 aliphatic rings. The van der Waals surface area contributed by atoms with E-state index in [9.17, 15) is 0 Å². The van der Waals surface area contributed by atoms with E-state index in [0.717, 1.165) is 82.8 Å². The molecule has 0 bridgehead atoms. The molecule has 0 spiro atoms. The summed E-state index contributed by atoms with van der Waals surface area (Å²) in [4.78, 5) is 15.9. The Bertz CT molecular complexity index is 4080. The van der Waals surface area contributed by atoms with Crippen molar-refractivity contribution in [3.05, 3.63) is 218 Å². The Labute approximate surface area is 396 Å². The van der Waals surface area contributed by atoms with Gasteiger partial charge in [-0.1, -0.05) is 152 Å². The van der Waals surface area contributed by atoms with Crippen molar-refractivity contribution in [2.75, 3.05) is 7.11 Å². The second-order valence-corrected chi connectivity index (χ2v) is 18.1. The minimum absolute atomic E-state index is 0.553. The SMILES string of the molecule is COc1cc(-c2nc(-c3ccc4oc5cccc(-c6ccccc6-c6ccccc6)c5c4c3)nc(-c3ccc4sc5cccc(-c6cccc(-c7ccccc7)c6)c5c4c3)n2)cc2ccccc12. The van der Waals surface area contributed by atoms with E-state index in [4.69, 9.17) is 24.1 Å². The van der Waals surface area contributed by atoms with E-state index >= 15 is 0 Å². The monoisotopic (exact) mass is 889 g/mol. The lowest BCUT2D eigenvalue weighted by molar-refractivity contribution is 0.420. The summed E-state index contributed by atoms with van der Waals surface area (Å²) in [5, 5.41) is 6.47. The summed E-state index contributed by atoms with van der Waals surface area (Å²) < 4.78 is 15.0. The molecule has 0 unspecified atom stereocenters. The van der Waals surface area contributed by atoms with Gasteiger partial charge in [0.25, 0.3) is 0 Å². The molecule has 0 saturated carbocycles. The van der Waals surface area contributed by atoms with Crippen LogP contribution in [-0.2, 0) is 0 Å². The summed E-state index contributed by atoms with van der Waals surface area (Å²) in [5.74, 6) is 2.45. The first-order valence-electron chi connectivity index (χ1n) is 22.7. The number of fused-ring (bicyclic) bond motifs is 7. The topological polar surface area (TPSA) is 61.0 Å². The number of nitrogens with zero attached hydrogens (tertiary/aromatic N) is 3. The highest BCUT2D eigenvalue weighted by Crippen LogP contribution is 2.44. The first kappa shape index (κ1) is 39.6. The molecular weight excluding hydrogens is 851 g/mol. The van der Waals surface area contributed by atoms with Gasteiger partial charge in [-0.2, -0.15) is 0 Å². The lowest BCUT2D eigenvalue weighted by Crippen LogP contribution is -2.00. The Morgan fingerprint density at radius 3 is 1.78 bits per heavy atom. The molecular formula is C62H39N3O2S. The Hall–Kier alpha value is -8.71. The van der Waals surface area contributed by atoms with Gasteiger partial charge < -0.3 is 9.15 Å². The molecule has 0 saturated heterocycles. The third kappa shape index (κ3) is 6.81. The smallest absolute Gasteiger partial charge is 0.164 e. The predicted octanol–water partition coefficient (Wildman–Crippen LogP) is 17.0. The van der Waals surface area contributed by atoms with Crippen LogP contribution in [0.25, 0.3) is 132 Å². The van der Waals surface area contributed by atoms with Gasteiger partial charge in [0.05, 0.1) is 7.11 Å². The summed E-state index contributed by atoms with van der Waals surface area (Å²) >= 11 is 1.81. The van der Waals surface area contributed by atoms with Crippen LogP contribution in [0.2, 0.25) is 0 Å². The third-order valence-electron chi connectivity index (χ3n) is 13.0. The van der Waals surface area contributed by atoms with Gasteiger partial charge in [-0.25, -0.2) is 15.0 Å². The van der Waals surface area contributed by atoms with E-state index in [0.29, 0.717) is 17.5 Å². The fourth-order valence-corrected chi connectivity index (χ4v) is 10.9. The maximum Gasteiger partial charge on any atom is 0.164 e. The Morgan fingerprint density at radius 1 is 0.353 bits per heavy atom. The number of hydrogen-bond acceptors (Lipinski definition) is 6. The molecule has 0 aliphatic heterocycles. The first-order valence-corrected chi connectivity index (χ1v) is 23.5. The zero-order chi connectivity index (χ0) is 45.1. The maximum absolute atomic E-state index is 6.58. The number of furan rings is 1. The maximum atomic E-state index is 6.58. The van der Waals surface area contributed by atoms with Gasteiger partial charge in [-0.05, 0) is 117 Å². The average molecular weight is 890 g/mol. The highest BCUT2D eigenvalue weighted by atomic mass is 32.1. The van der Waals surface area contributed by atoms with Gasteiger partial charge >= 0.3 is 0 Å². The minimum atomic E-state index is 0.553. The molecule has 13 rings (SSSR count). The average Bonchev–Trinajstić information content (AvgIpc) is 3.99. The molecule has 0 amide bonds. The van der Waals surface area contributed by atoms with Crippen molar-refractivity contribution in [2.45, 2.75) is 0 Å². The van der Waals surface area contributed by atoms with Crippen LogP contribution in [0.5, 0.6) is 5.75 Å². The van der Waals surface area contributed by atoms with Gasteiger partial charge in [-0.3, -0.25) is 0 Å². The number of methoxy groups -OCH3 is 1. The van der Waals surface area contributed by atoms with Crippen LogP contribution in [0.1, 0.15) is 0 Å². The summed E-state index contributed by atoms with van der Waals surface area (Å²) in [6.45, 7) is 0. The number of hydrogen-bond donors (Lipinski definition) is 0. The first-order chi connectivity index (χ1) is 33.6. The third-order valence-corrected chi connectivity index (χ3v) is 14.2. The molecule has 0 N–H and O–H groups in total. The predicted molar refractivity (Wildman–Crippen MR) is 282 cm³/mol. The second-order valence-electron chi connectivity index (χ2n) is 17.0. The van der Waals surface area contributed by atoms with Crippen molar-refractivity contribution in [2.24, 2.45) is 0 Å². The fraction of sp³-hybridized carbons (Fsp3) is 0.0161. The second kappa shape index (κ2) is 16.3. The lowest BCUT2D eigenvalue weighted by atomic mass is 9.92. The van der Waals surface area contributed by atoms with Crippen LogP contribution in [0.15, 0.2) is 223 Å². The summed E-state index contributed by atoms with van der Waals surface area (Å²) in [6.07, 6.45) is 0. The molecule has 5 nitrogen and oxygen atoms in total. The molecule has 320 valence electrons. The molecule has 0 atom stereocenters. The normalized spacial score (nSPS) is 11.6. The minimum Gasteiger partial charge on any atom is -0.496 e. The quantitative estimate of drug-likeness (QED) is 0.152. The largest absolute Gasteiger partial charge is 0.496 e. The van der Waals surface area contributed by atoms with Crippen molar-refractivity contribution in [3.8, 4) is 84.4 Å². The molecule has 3 aromatic heterocycles. The molecule has 68 heavy (non-hydrogen) atoms. The van der Waals surface area contributed by atoms with E-state index < -0.39 is 0 Å². The van der Waals surface area contributed by atoms with E-state index in [-0.39, 0.29) is 0 Å². The van der Waals surface area contributed by atoms with E-state index in [1.54, 1.807) is 18.4 Å². The van der Waals surface area contributed by atoms with Crippen LogP contribution >= 0.6 is 11.3 Å². The Kier molecular flexibility index (Phi) is 9.51. The van der Waals surface area contributed by atoms with Crippen molar-refractivity contribution in [1.29, 1.82) is 0 Å². The van der Waals surface area contributed by atoms with Gasteiger partial charge in [0, 0.05) is 53.0 Å².